The third-order valence-electron chi connectivity index (χ3n) is 5.17. The molecule has 144 valence electrons. The van der Waals surface area contributed by atoms with Crippen molar-refractivity contribution in [2.45, 2.75) is 39.2 Å². The van der Waals surface area contributed by atoms with Gasteiger partial charge in [0.25, 0.3) is 5.91 Å². The summed E-state index contributed by atoms with van der Waals surface area (Å²) in [5.74, 6) is -0.439. The van der Waals surface area contributed by atoms with E-state index in [-0.39, 0.29) is 0 Å². The van der Waals surface area contributed by atoms with Gasteiger partial charge in [0.2, 0.25) is 0 Å². The smallest absolute Gasteiger partial charge is 0.251 e. The van der Waals surface area contributed by atoms with Crippen molar-refractivity contribution in [1.82, 2.24) is 5.48 Å². The maximum Gasteiger partial charge on any atom is 0.251 e. The van der Waals surface area contributed by atoms with Gasteiger partial charge in [-0.3, -0.25) is 10.0 Å². The van der Waals surface area contributed by atoms with Gasteiger partial charge in [-0.1, -0.05) is 6.07 Å². The molecule has 4 nitrogen and oxygen atoms in total. The van der Waals surface area contributed by atoms with Gasteiger partial charge in [-0.25, -0.2) is 5.48 Å². The van der Waals surface area contributed by atoms with Crippen LogP contribution < -0.4 is 11.2 Å². The molecule has 3 aromatic rings. The van der Waals surface area contributed by atoms with E-state index in [1.165, 1.54) is 24.4 Å². The fraction of sp³-hybridized carbons (Fsp3) is 0.350. The average molecular weight is 421 g/mol. The van der Waals surface area contributed by atoms with E-state index in [9.17, 15) is 4.79 Å². The minimum absolute atomic E-state index is 0.439. The van der Waals surface area contributed by atoms with E-state index in [1.807, 2.05) is 13.8 Å². The van der Waals surface area contributed by atoms with Crippen LogP contribution in [-0.4, -0.2) is 16.7 Å². The third-order valence-corrected chi connectivity index (χ3v) is 8.66. The maximum absolute atomic E-state index is 12.2. The molecule has 0 aromatic carbocycles. The van der Waals surface area contributed by atoms with Crippen molar-refractivity contribution >= 4 is 39.9 Å². The summed E-state index contributed by atoms with van der Waals surface area (Å²) in [7, 11) is 0. The van der Waals surface area contributed by atoms with Crippen molar-refractivity contribution < 1.29 is 10.0 Å². The Hall–Kier alpha value is -1.51. The van der Waals surface area contributed by atoms with Crippen molar-refractivity contribution in [2.75, 3.05) is 0 Å². The Morgan fingerprint density at radius 1 is 1.04 bits per heavy atom. The van der Waals surface area contributed by atoms with E-state index >= 15 is 0 Å². The first-order valence-corrected chi connectivity index (χ1v) is 11.2. The molecule has 0 aliphatic heterocycles. The van der Waals surface area contributed by atoms with Crippen LogP contribution in [-0.2, 0) is 11.2 Å². The summed E-state index contributed by atoms with van der Waals surface area (Å²) in [6, 6.07) is 12.8. The molecule has 0 aliphatic rings. The highest BCUT2D eigenvalue weighted by molar-refractivity contribution is 7.26. The summed E-state index contributed by atoms with van der Waals surface area (Å²) in [5.41, 5.74) is 6.41. The van der Waals surface area contributed by atoms with Crippen LogP contribution in [0, 0.1) is 5.41 Å². The monoisotopic (exact) mass is 420 g/mol. The number of rotatable bonds is 7. The highest BCUT2D eigenvalue weighted by Gasteiger charge is 2.44. The Kier molecular flexibility index (Phi) is 5.88. The number of carbonyl (C=O) groups is 1. The molecule has 3 heterocycles. The molecule has 1 atom stereocenters. The van der Waals surface area contributed by atoms with E-state index in [4.69, 9.17) is 10.9 Å². The number of hydrogen-bond donors (Lipinski definition) is 3. The summed E-state index contributed by atoms with van der Waals surface area (Å²) in [6.07, 6.45) is 1.30. The zero-order chi connectivity index (χ0) is 19.7. The quantitative estimate of drug-likeness (QED) is 0.354. The fourth-order valence-electron chi connectivity index (χ4n) is 2.89. The second kappa shape index (κ2) is 7.85. The first-order chi connectivity index (χ1) is 12.7. The molecular weight excluding hydrogens is 396 g/mol. The third kappa shape index (κ3) is 4.17. The Bertz CT molecular complexity index is 906. The standard InChI is InChI=1S/C20H24N2O2S3/c1-19(2,21)20(3,18(23)22-24)11-10-13-6-7-16(26-13)17-9-8-15(27-17)14-5-4-12-25-14/h4-9,12,24H,10-11,21H2,1-3H3,(H,22,23). The lowest BCUT2D eigenvalue weighted by molar-refractivity contribution is -0.142. The van der Waals surface area contributed by atoms with Gasteiger partial charge in [-0.2, -0.15) is 0 Å². The summed E-state index contributed by atoms with van der Waals surface area (Å²) < 4.78 is 0. The molecule has 27 heavy (non-hydrogen) atoms. The minimum atomic E-state index is -0.860. The van der Waals surface area contributed by atoms with Crippen LogP contribution in [0.25, 0.3) is 19.5 Å². The summed E-state index contributed by atoms with van der Waals surface area (Å²) in [5, 5.41) is 11.2. The topological polar surface area (TPSA) is 75.4 Å². The minimum Gasteiger partial charge on any atom is -0.325 e. The molecule has 1 amide bonds. The Morgan fingerprint density at radius 3 is 2.26 bits per heavy atom. The van der Waals surface area contributed by atoms with Crippen LogP contribution >= 0.6 is 34.0 Å². The summed E-state index contributed by atoms with van der Waals surface area (Å²) >= 11 is 5.29. The molecule has 0 bridgehead atoms. The molecule has 0 fully saturated rings. The van der Waals surface area contributed by atoms with Crippen LogP contribution in [0.3, 0.4) is 0 Å². The normalized spacial score (nSPS) is 14.1. The van der Waals surface area contributed by atoms with Crippen molar-refractivity contribution in [3.63, 3.8) is 0 Å². The average Bonchev–Trinajstić information content (AvgIpc) is 3.37. The number of hydrogen-bond acceptors (Lipinski definition) is 6. The van der Waals surface area contributed by atoms with Crippen molar-refractivity contribution in [3.8, 4) is 19.5 Å². The van der Waals surface area contributed by atoms with Gasteiger partial charge in [0, 0.05) is 29.9 Å². The van der Waals surface area contributed by atoms with E-state index in [1.54, 1.807) is 46.4 Å². The van der Waals surface area contributed by atoms with E-state index in [0.29, 0.717) is 6.42 Å². The number of amides is 1. The second-order valence-electron chi connectivity index (χ2n) is 7.40. The number of carbonyl (C=O) groups excluding carboxylic acids is 1. The Morgan fingerprint density at radius 2 is 1.67 bits per heavy atom. The molecule has 0 radical (unpaired) electrons. The highest BCUT2D eigenvalue weighted by Crippen LogP contribution is 2.40. The number of aryl methyl sites for hydroxylation is 1. The molecule has 3 rings (SSSR count). The molecular formula is C20H24N2O2S3. The summed E-state index contributed by atoms with van der Waals surface area (Å²) in [6.45, 7) is 5.44. The van der Waals surface area contributed by atoms with Crippen LogP contribution in [0.2, 0.25) is 0 Å². The van der Waals surface area contributed by atoms with E-state index < -0.39 is 16.9 Å². The highest BCUT2D eigenvalue weighted by atomic mass is 32.1. The molecule has 0 aliphatic carbocycles. The van der Waals surface area contributed by atoms with Gasteiger partial charge in [0.1, 0.15) is 0 Å². The molecule has 7 heteroatoms. The Balaban J connectivity index is 1.74. The maximum atomic E-state index is 12.2. The second-order valence-corrected chi connectivity index (χ2v) is 10.6. The first kappa shape index (κ1) is 20.2. The first-order valence-electron chi connectivity index (χ1n) is 8.71. The predicted molar refractivity (Wildman–Crippen MR) is 116 cm³/mol. The zero-order valence-corrected chi connectivity index (χ0v) is 18.1. The lowest BCUT2D eigenvalue weighted by Crippen LogP contribution is -2.57. The van der Waals surface area contributed by atoms with Gasteiger partial charge in [0.15, 0.2) is 0 Å². The lowest BCUT2D eigenvalue weighted by atomic mass is 9.70. The number of hydroxylamine groups is 1. The molecule has 0 saturated heterocycles. The van der Waals surface area contributed by atoms with Gasteiger partial charge >= 0.3 is 0 Å². The van der Waals surface area contributed by atoms with Crippen molar-refractivity contribution in [3.05, 3.63) is 46.7 Å². The van der Waals surface area contributed by atoms with Crippen LogP contribution in [0.1, 0.15) is 32.1 Å². The molecule has 3 aromatic heterocycles. The van der Waals surface area contributed by atoms with Gasteiger partial charge in [-0.05, 0) is 69.3 Å². The molecule has 0 saturated carbocycles. The van der Waals surface area contributed by atoms with Gasteiger partial charge in [-0.15, -0.1) is 34.0 Å². The molecule has 4 N–H and O–H groups in total. The van der Waals surface area contributed by atoms with Crippen LogP contribution in [0.5, 0.6) is 0 Å². The fourth-order valence-corrected chi connectivity index (χ4v) is 5.83. The SMILES string of the molecule is CC(C)(N)C(C)(CCc1ccc(-c2ccc(-c3cccs3)s2)s1)C(=O)NO. The van der Waals surface area contributed by atoms with Crippen molar-refractivity contribution in [1.29, 1.82) is 0 Å². The number of nitrogens with two attached hydrogens (primary N) is 1. The van der Waals surface area contributed by atoms with Gasteiger partial charge in [0.05, 0.1) is 5.41 Å². The van der Waals surface area contributed by atoms with E-state index in [2.05, 4.69) is 41.8 Å². The Labute approximate surface area is 171 Å². The largest absolute Gasteiger partial charge is 0.325 e. The van der Waals surface area contributed by atoms with Crippen molar-refractivity contribution in [2.24, 2.45) is 11.1 Å². The number of nitrogens with one attached hydrogen (secondary N) is 1. The van der Waals surface area contributed by atoms with Gasteiger partial charge < -0.3 is 5.73 Å². The summed E-state index contributed by atoms with van der Waals surface area (Å²) in [4.78, 5) is 18.5. The van der Waals surface area contributed by atoms with Crippen LogP contribution in [0.4, 0.5) is 0 Å². The molecule has 1 unspecified atom stereocenters. The zero-order valence-electron chi connectivity index (χ0n) is 15.6. The lowest BCUT2D eigenvalue weighted by Gasteiger charge is -2.39. The molecule has 0 spiro atoms. The van der Waals surface area contributed by atoms with E-state index in [0.717, 1.165) is 6.42 Å². The number of thiophene rings is 3. The predicted octanol–water partition coefficient (Wildman–Crippen LogP) is 5.39. The van der Waals surface area contributed by atoms with Crippen LogP contribution in [0.15, 0.2) is 41.8 Å².